The summed E-state index contributed by atoms with van der Waals surface area (Å²) in [4.78, 5) is 27.6. The molecular formula is C26H28ClN3O4S. The lowest BCUT2D eigenvalue weighted by Crippen LogP contribution is -2.47. The molecule has 1 atom stereocenters. The summed E-state index contributed by atoms with van der Waals surface area (Å²) in [6, 6.07) is 25.2. The third kappa shape index (κ3) is 8.58. The number of rotatable bonds is 7. The lowest BCUT2D eigenvalue weighted by Gasteiger charge is -2.35. The molecule has 0 amide bonds. The van der Waals surface area contributed by atoms with Crippen LogP contribution in [0.2, 0.25) is 5.02 Å². The minimum Gasteiger partial charge on any atom is -0.473 e. The zero-order valence-electron chi connectivity index (χ0n) is 19.2. The van der Waals surface area contributed by atoms with Gasteiger partial charge >= 0.3 is 11.9 Å². The quantitative estimate of drug-likeness (QED) is 0.445. The van der Waals surface area contributed by atoms with Gasteiger partial charge in [0.05, 0.1) is 5.25 Å². The Bertz CT molecular complexity index is 1050. The van der Waals surface area contributed by atoms with Gasteiger partial charge in [0, 0.05) is 49.7 Å². The predicted molar refractivity (Wildman–Crippen MR) is 140 cm³/mol. The summed E-state index contributed by atoms with van der Waals surface area (Å²) in [5.41, 5.74) is 2.66. The fourth-order valence-electron chi connectivity index (χ4n) is 3.69. The van der Waals surface area contributed by atoms with Crippen molar-refractivity contribution in [3.05, 3.63) is 95.1 Å². The van der Waals surface area contributed by atoms with Crippen molar-refractivity contribution in [1.29, 1.82) is 0 Å². The van der Waals surface area contributed by atoms with Gasteiger partial charge in [0.25, 0.3) is 0 Å². The molecule has 2 heterocycles. The monoisotopic (exact) mass is 513 g/mol. The molecule has 0 bridgehead atoms. The SMILES string of the molecule is Clc1ccc(C(SCCN2CCN(c3ccccn3)CC2)c2ccccc2)cc1.O=C(O)C(=O)O. The van der Waals surface area contributed by atoms with E-state index < -0.39 is 11.9 Å². The fraction of sp³-hybridized carbons (Fsp3) is 0.269. The number of aliphatic carboxylic acids is 2. The van der Waals surface area contributed by atoms with E-state index in [0.717, 1.165) is 49.3 Å². The highest BCUT2D eigenvalue weighted by Gasteiger charge is 2.19. The zero-order chi connectivity index (χ0) is 25.0. The topological polar surface area (TPSA) is 94.0 Å². The number of aromatic nitrogens is 1. The maximum absolute atomic E-state index is 9.10. The average Bonchev–Trinajstić information content (AvgIpc) is 2.89. The molecule has 1 aliphatic heterocycles. The van der Waals surface area contributed by atoms with Crippen molar-refractivity contribution < 1.29 is 19.8 Å². The molecule has 1 unspecified atom stereocenters. The van der Waals surface area contributed by atoms with Gasteiger partial charge in [0.1, 0.15) is 5.82 Å². The van der Waals surface area contributed by atoms with Gasteiger partial charge in [-0.25, -0.2) is 14.6 Å². The van der Waals surface area contributed by atoms with Crippen LogP contribution in [-0.2, 0) is 9.59 Å². The van der Waals surface area contributed by atoms with E-state index in [-0.39, 0.29) is 0 Å². The first-order chi connectivity index (χ1) is 16.9. The number of hydrogen-bond donors (Lipinski definition) is 2. The first kappa shape index (κ1) is 26.5. The third-order valence-electron chi connectivity index (χ3n) is 5.50. The predicted octanol–water partition coefficient (Wildman–Crippen LogP) is 4.54. The highest BCUT2D eigenvalue weighted by molar-refractivity contribution is 7.99. The van der Waals surface area contributed by atoms with Gasteiger partial charge < -0.3 is 15.1 Å². The van der Waals surface area contributed by atoms with Crippen LogP contribution in [0.3, 0.4) is 0 Å². The summed E-state index contributed by atoms with van der Waals surface area (Å²) in [6.07, 6.45) is 1.87. The number of hydrogen-bond acceptors (Lipinski definition) is 6. The number of piperazine rings is 1. The van der Waals surface area contributed by atoms with Crippen molar-refractivity contribution >= 4 is 41.1 Å². The van der Waals surface area contributed by atoms with E-state index in [0.29, 0.717) is 5.25 Å². The normalized spacial score (nSPS) is 14.5. The van der Waals surface area contributed by atoms with E-state index in [4.69, 9.17) is 31.4 Å². The van der Waals surface area contributed by atoms with E-state index in [1.54, 1.807) is 0 Å². The van der Waals surface area contributed by atoms with Crippen LogP contribution >= 0.6 is 23.4 Å². The van der Waals surface area contributed by atoms with Crippen LogP contribution in [0.1, 0.15) is 16.4 Å². The van der Waals surface area contributed by atoms with E-state index in [2.05, 4.69) is 69.4 Å². The molecule has 0 saturated carbocycles. The molecule has 9 heteroatoms. The van der Waals surface area contributed by atoms with Crippen molar-refractivity contribution in [3.63, 3.8) is 0 Å². The number of benzene rings is 2. The second-order valence-electron chi connectivity index (χ2n) is 7.84. The smallest absolute Gasteiger partial charge is 0.414 e. The lowest BCUT2D eigenvalue weighted by atomic mass is 10.0. The molecule has 0 radical (unpaired) electrons. The molecule has 0 aliphatic carbocycles. The van der Waals surface area contributed by atoms with Crippen LogP contribution in [-0.4, -0.2) is 70.5 Å². The highest BCUT2D eigenvalue weighted by Crippen LogP contribution is 2.36. The molecule has 4 rings (SSSR count). The zero-order valence-corrected chi connectivity index (χ0v) is 20.7. The first-order valence-electron chi connectivity index (χ1n) is 11.2. The minimum absolute atomic E-state index is 0.336. The van der Waals surface area contributed by atoms with Gasteiger partial charge in [-0.3, -0.25) is 4.90 Å². The van der Waals surface area contributed by atoms with E-state index >= 15 is 0 Å². The number of anilines is 1. The Morgan fingerprint density at radius 3 is 2.03 bits per heavy atom. The molecular weight excluding hydrogens is 486 g/mol. The molecule has 0 spiro atoms. The maximum atomic E-state index is 9.10. The summed E-state index contributed by atoms with van der Waals surface area (Å²) in [7, 11) is 0. The number of carboxylic acid groups (broad SMARTS) is 2. The molecule has 2 aromatic carbocycles. The number of carbonyl (C=O) groups is 2. The molecule has 3 aromatic rings. The number of pyridine rings is 1. The van der Waals surface area contributed by atoms with E-state index in [1.807, 2.05) is 36.2 Å². The van der Waals surface area contributed by atoms with E-state index in [1.165, 1.54) is 11.1 Å². The van der Waals surface area contributed by atoms with Gasteiger partial charge in [-0.05, 0) is 35.4 Å². The fourth-order valence-corrected chi connectivity index (χ4v) is 5.12. The summed E-state index contributed by atoms with van der Waals surface area (Å²) in [5, 5.41) is 15.9. The molecule has 1 aromatic heterocycles. The van der Waals surface area contributed by atoms with Crippen molar-refractivity contribution in [1.82, 2.24) is 9.88 Å². The molecule has 35 heavy (non-hydrogen) atoms. The van der Waals surface area contributed by atoms with Crippen molar-refractivity contribution in [2.75, 3.05) is 43.4 Å². The summed E-state index contributed by atoms with van der Waals surface area (Å²) >= 11 is 8.12. The molecule has 1 aliphatic rings. The Hall–Kier alpha value is -3.07. The minimum atomic E-state index is -1.82. The van der Waals surface area contributed by atoms with Gasteiger partial charge in [0.2, 0.25) is 0 Å². The highest BCUT2D eigenvalue weighted by atomic mass is 35.5. The van der Waals surface area contributed by atoms with Crippen LogP contribution in [0.5, 0.6) is 0 Å². The van der Waals surface area contributed by atoms with E-state index in [9.17, 15) is 0 Å². The van der Waals surface area contributed by atoms with Crippen molar-refractivity contribution in [3.8, 4) is 0 Å². The van der Waals surface area contributed by atoms with Crippen molar-refractivity contribution in [2.45, 2.75) is 5.25 Å². The molecule has 1 fully saturated rings. The first-order valence-corrected chi connectivity index (χ1v) is 12.6. The summed E-state index contributed by atoms with van der Waals surface area (Å²) in [6.45, 7) is 5.38. The third-order valence-corrected chi connectivity index (χ3v) is 7.04. The van der Waals surface area contributed by atoms with Gasteiger partial charge in [0.15, 0.2) is 0 Å². The molecule has 7 nitrogen and oxygen atoms in total. The Morgan fingerprint density at radius 1 is 0.857 bits per heavy atom. The lowest BCUT2D eigenvalue weighted by molar-refractivity contribution is -0.159. The summed E-state index contributed by atoms with van der Waals surface area (Å²) in [5.74, 6) is -1.45. The second-order valence-corrected chi connectivity index (χ2v) is 9.49. The van der Waals surface area contributed by atoms with Crippen LogP contribution in [0.4, 0.5) is 5.82 Å². The number of thioether (sulfide) groups is 1. The van der Waals surface area contributed by atoms with Crippen LogP contribution in [0.15, 0.2) is 79.0 Å². The largest absolute Gasteiger partial charge is 0.473 e. The van der Waals surface area contributed by atoms with Gasteiger partial charge in [-0.15, -0.1) is 11.8 Å². The second kappa shape index (κ2) is 13.7. The molecule has 184 valence electrons. The number of nitrogens with zero attached hydrogens (tertiary/aromatic N) is 3. The number of carboxylic acids is 2. The van der Waals surface area contributed by atoms with Gasteiger partial charge in [-0.2, -0.15) is 0 Å². The Labute approximate surface area is 214 Å². The molecule has 1 saturated heterocycles. The van der Waals surface area contributed by atoms with Gasteiger partial charge in [-0.1, -0.05) is 60.1 Å². The summed E-state index contributed by atoms with van der Waals surface area (Å²) < 4.78 is 0. The Morgan fingerprint density at radius 2 is 1.46 bits per heavy atom. The maximum Gasteiger partial charge on any atom is 0.414 e. The molecule has 2 N–H and O–H groups in total. The Balaban J connectivity index is 0.000000509. The van der Waals surface area contributed by atoms with Crippen LogP contribution < -0.4 is 4.90 Å². The average molecular weight is 514 g/mol. The number of halogens is 1. The Kier molecular flexibility index (Phi) is 10.4. The van der Waals surface area contributed by atoms with Crippen LogP contribution in [0, 0.1) is 0 Å². The standard InChI is InChI=1S/C24H26ClN3S.C2H2O4/c25-22-11-9-21(10-12-22)24(20-6-2-1-3-7-20)29-19-18-27-14-16-28(17-15-27)23-8-4-5-13-26-23;3-1(4)2(5)6/h1-13,24H,14-19H2;(H,3,4)(H,5,6). The van der Waals surface area contributed by atoms with Crippen molar-refractivity contribution in [2.24, 2.45) is 0 Å². The van der Waals surface area contributed by atoms with Crippen LogP contribution in [0.25, 0.3) is 0 Å².